The van der Waals surface area contributed by atoms with E-state index in [1.807, 2.05) is 0 Å². The van der Waals surface area contributed by atoms with E-state index in [1.54, 1.807) is 30.3 Å². The predicted molar refractivity (Wildman–Crippen MR) is 94.2 cm³/mol. The van der Waals surface area contributed by atoms with Gasteiger partial charge in [0.2, 0.25) is 5.82 Å². The van der Waals surface area contributed by atoms with Gasteiger partial charge >= 0.3 is 12.1 Å². The van der Waals surface area contributed by atoms with Gasteiger partial charge in [0.05, 0.1) is 18.0 Å². The number of ether oxygens (including phenoxy) is 1. The molecule has 0 saturated carbocycles. The van der Waals surface area contributed by atoms with Gasteiger partial charge in [-0.05, 0) is 17.7 Å². The SMILES string of the molecule is COC(=O)C1C(c2ccccc2)N1n1c(C(F)(F)F)nc2ccccc2c1=O. The highest BCUT2D eigenvalue weighted by molar-refractivity contribution is 5.85. The molecule has 4 rings (SSSR count). The maximum Gasteiger partial charge on any atom is 0.451 e. The minimum absolute atomic E-state index is 0.0258. The third-order valence-corrected chi connectivity index (χ3v) is 4.60. The second-order valence-corrected chi connectivity index (χ2v) is 6.27. The van der Waals surface area contributed by atoms with E-state index in [0.29, 0.717) is 10.2 Å². The van der Waals surface area contributed by atoms with E-state index in [9.17, 15) is 22.8 Å². The molecule has 1 saturated heterocycles. The molecular formula is C19H14F3N3O3. The summed E-state index contributed by atoms with van der Waals surface area (Å²) in [4.78, 5) is 28.8. The van der Waals surface area contributed by atoms with Crippen molar-refractivity contribution in [1.29, 1.82) is 0 Å². The quantitative estimate of drug-likeness (QED) is 0.509. The Morgan fingerprint density at radius 2 is 1.71 bits per heavy atom. The van der Waals surface area contributed by atoms with Gasteiger partial charge in [-0.1, -0.05) is 42.5 Å². The summed E-state index contributed by atoms with van der Waals surface area (Å²) in [6.07, 6.45) is -4.90. The lowest BCUT2D eigenvalue weighted by Crippen LogP contribution is -2.38. The Morgan fingerprint density at radius 1 is 1.07 bits per heavy atom. The number of carbonyl (C=O) groups is 1. The fourth-order valence-corrected chi connectivity index (χ4v) is 3.33. The number of alkyl halides is 3. The lowest BCUT2D eigenvalue weighted by atomic mass is 10.1. The van der Waals surface area contributed by atoms with Crippen LogP contribution in [0.3, 0.4) is 0 Å². The molecule has 0 radical (unpaired) electrons. The fourth-order valence-electron chi connectivity index (χ4n) is 3.33. The molecule has 1 aliphatic rings. The Labute approximate surface area is 156 Å². The van der Waals surface area contributed by atoms with Crippen molar-refractivity contribution in [1.82, 2.24) is 9.66 Å². The van der Waals surface area contributed by atoms with Crippen molar-refractivity contribution < 1.29 is 22.7 Å². The second kappa shape index (κ2) is 6.36. The fraction of sp³-hybridized carbons (Fsp3) is 0.211. The van der Waals surface area contributed by atoms with E-state index in [2.05, 4.69) is 4.98 Å². The Morgan fingerprint density at radius 3 is 2.36 bits per heavy atom. The molecule has 2 atom stereocenters. The number of para-hydroxylation sites is 1. The molecule has 9 heteroatoms. The van der Waals surface area contributed by atoms with Gasteiger partial charge in [0.1, 0.15) is 6.04 Å². The number of esters is 1. The number of methoxy groups -OCH3 is 1. The van der Waals surface area contributed by atoms with Crippen molar-refractivity contribution >= 4 is 16.9 Å². The number of rotatable bonds is 3. The van der Waals surface area contributed by atoms with Crippen LogP contribution in [0.2, 0.25) is 0 Å². The summed E-state index contributed by atoms with van der Waals surface area (Å²) in [5.41, 5.74) is -0.375. The summed E-state index contributed by atoms with van der Waals surface area (Å²) in [5, 5.41) is 1.09. The van der Waals surface area contributed by atoms with Gasteiger partial charge in [-0.3, -0.25) is 9.80 Å². The Bertz CT molecular complexity index is 1110. The Kier molecular flexibility index (Phi) is 4.10. The first-order chi connectivity index (χ1) is 13.3. The molecule has 0 N–H and O–H groups in total. The lowest BCUT2D eigenvalue weighted by Gasteiger charge is -2.17. The van der Waals surface area contributed by atoms with Crippen LogP contribution in [0.5, 0.6) is 0 Å². The van der Waals surface area contributed by atoms with Gasteiger partial charge in [0.15, 0.2) is 6.04 Å². The van der Waals surface area contributed by atoms with E-state index in [4.69, 9.17) is 4.74 Å². The van der Waals surface area contributed by atoms with Gasteiger partial charge in [0.25, 0.3) is 5.56 Å². The molecule has 144 valence electrons. The normalized spacial score (nSPS) is 18.9. The zero-order chi connectivity index (χ0) is 20.1. The first-order valence-corrected chi connectivity index (χ1v) is 8.35. The largest absolute Gasteiger partial charge is 0.467 e. The predicted octanol–water partition coefficient (Wildman–Crippen LogP) is 2.65. The molecule has 0 bridgehead atoms. The molecule has 2 unspecified atom stereocenters. The molecule has 1 fully saturated rings. The molecule has 6 nitrogen and oxygen atoms in total. The summed E-state index contributed by atoms with van der Waals surface area (Å²) < 4.78 is 46.3. The number of hydrogen-bond donors (Lipinski definition) is 0. The van der Waals surface area contributed by atoms with Crippen molar-refractivity contribution in [2.24, 2.45) is 0 Å². The van der Waals surface area contributed by atoms with Crippen molar-refractivity contribution in [2.45, 2.75) is 18.3 Å². The second-order valence-electron chi connectivity index (χ2n) is 6.27. The van der Waals surface area contributed by atoms with Gasteiger partial charge in [-0.15, -0.1) is 0 Å². The Hall–Kier alpha value is -3.36. The number of benzene rings is 2. The first kappa shape index (κ1) is 18.0. The van der Waals surface area contributed by atoms with Gasteiger partial charge in [-0.2, -0.15) is 17.8 Å². The minimum atomic E-state index is -4.90. The number of halogens is 3. The van der Waals surface area contributed by atoms with Crippen LogP contribution in [-0.4, -0.2) is 28.8 Å². The summed E-state index contributed by atoms with van der Waals surface area (Å²) in [7, 11) is 1.15. The van der Waals surface area contributed by atoms with Crippen molar-refractivity contribution in [3.8, 4) is 0 Å². The molecular weight excluding hydrogens is 375 g/mol. The monoisotopic (exact) mass is 389 g/mol. The highest BCUT2D eigenvalue weighted by atomic mass is 19.4. The van der Waals surface area contributed by atoms with E-state index < -0.39 is 35.6 Å². The number of aromatic nitrogens is 2. The van der Waals surface area contributed by atoms with Crippen molar-refractivity contribution in [3.63, 3.8) is 0 Å². The average molecular weight is 389 g/mol. The molecule has 0 spiro atoms. The minimum Gasteiger partial charge on any atom is -0.467 e. The maximum absolute atomic E-state index is 13.7. The molecule has 3 aromatic rings. The summed E-state index contributed by atoms with van der Waals surface area (Å²) in [6.45, 7) is 0. The van der Waals surface area contributed by atoms with Crippen LogP contribution in [0.15, 0.2) is 59.4 Å². The zero-order valence-corrected chi connectivity index (χ0v) is 14.6. The van der Waals surface area contributed by atoms with E-state index in [0.717, 1.165) is 12.1 Å². The van der Waals surface area contributed by atoms with Crippen LogP contribution in [0.4, 0.5) is 13.2 Å². The van der Waals surface area contributed by atoms with Crippen LogP contribution >= 0.6 is 0 Å². The summed E-state index contributed by atoms with van der Waals surface area (Å²) >= 11 is 0. The highest BCUT2D eigenvalue weighted by Crippen LogP contribution is 2.43. The molecule has 0 aliphatic carbocycles. The third-order valence-electron chi connectivity index (χ3n) is 4.60. The highest BCUT2D eigenvalue weighted by Gasteiger charge is 2.58. The van der Waals surface area contributed by atoms with E-state index in [1.165, 1.54) is 24.3 Å². The third kappa shape index (κ3) is 2.79. The average Bonchev–Trinajstić information content (AvgIpc) is 3.42. The Balaban J connectivity index is 1.95. The standard InChI is InChI=1S/C19H14F3N3O3/c1-28-17(27)15-14(11-7-3-2-4-8-11)24(15)25-16(26)12-9-5-6-10-13(12)23-18(25)19(20,21)22/h2-10,14-15H,1H3. The zero-order valence-electron chi connectivity index (χ0n) is 14.6. The number of hydrogen-bond acceptors (Lipinski definition) is 5. The first-order valence-electron chi connectivity index (χ1n) is 8.35. The van der Waals surface area contributed by atoms with Gasteiger partial charge in [0, 0.05) is 0 Å². The smallest absolute Gasteiger partial charge is 0.451 e. The molecule has 28 heavy (non-hydrogen) atoms. The van der Waals surface area contributed by atoms with Crippen LogP contribution < -0.4 is 10.6 Å². The lowest BCUT2D eigenvalue weighted by molar-refractivity contribution is -0.148. The molecule has 0 amide bonds. The van der Waals surface area contributed by atoms with Crippen molar-refractivity contribution in [2.75, 3.05) is 12.1 Å². The van der Waals surface area contributed by atoms with Crippen LogP contribution in [0, 0.1) is 0 Å². The molecule has 1 aliphatic heterocycles. The maximum atomic E-state index is 13.7. The van der Waals surface area contributed by atoms with Crippen molar-refractivity contribution in [3.05, 3.63) is 76.3 Å². The van der Waals surface area contributed by atoms with E-state index in [-0.39, 0.29) is 10.9 Å². The van der Waals surface area contributed by atoms with Crippen LogP contribution in [0.25, 0.3) is 10.9 Å². The summed E-state index contributed by atoms with van der Waals surface area (Å²) in [5.74, 6) is -2.12. The number of fused-ring (bicyclic) bond motifs is 1. The molecule has 1 aromatic heterocycles. The number of nitrogens with zero attached hydrogens (tertiary/aromatic N) is 3. The molecule has 2 aromatic carbocycles. The topological polar surface area (TPSA) is 64.2 Å². The van der Waals surface area contributed by atoms with Gasteiger partial charge < -0.3 is 4.74 Å². The summed E-state index contributed by atoms with van der Waals surface area (Å²) in [6, 6.07) is 12.4. The van der Waals surface area contributed by atoms with Gasteiger partial charge in [-0.25, -0.2) is 9.78 Å². The van der Waals surface area contributed by atoms with Crippen LogP contribution in [0.1, 0.15) is 17.4 Å². The number of carbonyl (C=O) groups excluding carboxylic acids is 1. The van der Waals surface area contributed by atoms with E-state index >= 15 is 0 Å². The van der Waals surface area contributed by atoms with Crippen LogP contribution in [-0.2, 0) is 15.7 Å². The molecule has 2 heterocycles.